The van der Waals surface area contributed by atoms with E-state index in [1.165, 1.54) is 16.9 Å². The number of benzene rings is 2. The Balaban J connectivity index is 1.66. The van der Waals surface area contributed by atoms with Crippen molar-refractivity contribution in [3.63, 3.8) is 0 Å². The second-order valence-corrected chi connectivity index (χ2v) is 9.50. The van der Waals surface area contributed by atoms with Crippen molar-refractivity contribution in [3.05, 3.63) is 119 Å². The van der Waals surface area contributed by atoms with Crippen LogP contribution in [0.5, 0.6) is 0 Å². The largest absolute Gasteiger partial charge is 0.462 e. The fraction of sp³-hybridized carbons (Fsp3) is 0.154. The summed E-state index contributed by atoms with van der Waals surface area (Å²) >= 11 is 8.05. The van der Waals surface area contributed by atoms with Gasteiger partial charge < -0.3 is 4.42 Å². The Labute approximate surface area is 193 Å². The van der Waals surface area contributed by atoms with Crippen molar-refractivity contribution in [3.8, 4) is 0 Å². The highest BCUT2D eigenvalue weighted by Gasteiger charge is 2.33. The van der Waals surface area contributed by atoms with Crippen molar-refractivity contribution in [1.29, 1.82) is 0 Å². The lowest BCUT2D eigenvalue weighted by Gasteiger charge is -2.31. The van der Waals surface area contributed by atoms with Crippen LogP contribution in [0.1, 0.15) is 40.7 Å². The van der Waals surface area contributed by atoms with Gasteiger partial charge in [0.25, 0.3) is 5.56 Å². The number of rotatable bonds is 2. The van der Waals surface area contributed by atoms with Gasteiger partial charge in [-0.2, -0.15) is 0 Å². The van der Waals surface area contributed by atoms with E-state index in [0.29, 0.717) is 20.1 Å². The smallest absolute Gasteiger partial charge is 0.271 e. The fourth-order valence-corrected chi connectivity index (χ4v) is 5.88. The highest BCUT2D eigenvalue weighted by molar-refractivity contribution is 7.07. The van der Waals surface area contributed by atoms with Crippen molar-refractivity contribution in [2.24, 2.45) is 4.99 Å². The minimum Gasteiger partial charge on any atom is -0.462 e. The molecule has 2 aliphatic rings. The molecule has 4 nitrogen and oxygen atoms in total. The van der Waals surface area contributed by atoms with Crippen LogP contribution in [0.4, 0.5) is 0 Å². The number of fused-ring (bicyclic) bond motifs is 3. The van der Waals surface area contributed by atoms with Crippen LogP contribution in [0.2, 0.25) is 5.02 Å². The Morgan fingerprint density at radius 1 is 1.09 bits per heavy atom. The summed E-state index contributed by atoms with van der Waals surface area (Å²) in [6.45, 7) is 1.89. The average molecular weight is 459 g/mol. The Hall–Kier alpha value is -3.15. The van der Waals surface area contributed by atoms with Gasteiger partial charge in [-0.25, -0.2) is 4.99 Å². The number of aromatic nitrogens is 1. The first-order valence-electron chi connectivity index (χ1n) is 10.5. The van der Waals surface area contributed by atoms with Crippen molar-refractivity contribution in [2.75, 3.05) is 0 Å². The van der Waals surface area contributed by atoms with E-state index in [0.717, 1.165) is 41.0 Å². The normalized spacial score (nSPS) is 17.6. The summed E-state index contributed by atoms with van der Waals surface area (Å²) in [6, 6.07) is 19.7. The number of hydrogen-bond donors (Lipinski definition) is 0. The van der Waals surface area contributed by atoms with Crippen LogP contribution in [0.15, 0.2) is 80.4 Å². The lowest BCUT2D eigenvalue weighted by atomic mass is 9.83. The van der Waals surface area contributed by atoms with Gasteiger partial charge in [-0.3, -0.25) is 9.36 Å². The molecule has 32 heavy (non-hydrogen) atoms. The first-order chi connectivity index (χ1) is 15.6. The summed E-state index contributed by atoms with van der Waals surface area (Å²) in [7, 11) is 0. The molecule has 158 valence electrons. The maximum Gasteiger partial charge on any atom is 0.271 e. The third-order valence-electron chi connectivity index (χ3n) is 6.11. The minimum atomic E-state index is -0.274. The molecule has 6 heteroatoms. The lowest BCUT2D eigenvalue weighted by Crippen LogP contribution is -2.38. The molecule has 4 aromatic rings. The Morgan fingerprint density at radius 3 is 2.72 bits per heavy atom. The molecule has 1 aliphatic carbocycles. The predicted octanol–water partition coefficient (Wildman–Crippen LogP) is 4.87. The minimum absolute atomic E-state index is 0.0712. The number of nitrogens with zero attached hydrogens (tertiary/aromatic N) is 2. The third-order valence-corrected chi connectivity index (χ3v) is 7.43. The second kappa shape index (κ2) is 7.47. The summed E-state index contributed by atoms with van der Waals surface area (Å²) in [6.07, 6.45) is 3.56. The van der Waals surface area contributed by atoms with E-state index < -0.39 is 0 Å². The van der Waals surface area contributed by atoms with Gasteiger partial charge in [-0.1, -0.05) is 65.4 Å². The quantitative estimate of drug-likeness (QED) is 0.430. The van der Waals surface area contributed by atoms with Gasteiger partial charge in [0.05, 0.1) is 16.3 Å². The fourth-order valence-electron chi connectivity index (χ4n) is 4.66. The SMILES string of the molecule is Cc1ccc(/C=c2\sc3n(c2=O)[C@H](c2ccccc2Cl)C2=C(N=3)c3ccccc3CC2)o1. The van der Waals surface area contributed by atoms with Gasteiger partial charge in [-0.05, 0) is 54.7 Å². The van der Waals surface area contributed by atoms with Gasteiger partial charge in [0, 0.05) is 16.7 Å². The van der Waals surface area contributed by atoms with Crippen molar-refractivity contribution < 1.29 is 4.42 Å². The number of thiazole rings is 1. The molecule has 6 rings (SSSR count). The first-order valence-corrected chi connectivity index (χ1v) is 11.7. The van der Waals surface area contributed by atoms with Crippen LogP contribution in [-0.2, 0) is 6.42 Å². The molecule has 0 radical (unpaired) electrons. The summed E-state index contributed by atoms with van der Waals surface area (Å²) < 4.78 is 8.09. The molecule has 0 saturated heterocycles. The van der Waals surface area contributed by atoms with Crippen LogP contribution >= 0.6 is 22.9 Å². The van der Waals surface area contributed by atoms with E-state index in [1.54, 1.807) is 10.6 Å². The number of halogens is 1. The molecule has 0 spiro atoms. The summed E-state index contributed by atoms with van der Waals surface area (Å²) in [5.74, 6) is 1.47. The Bertz CT molecular complexity index is 1590. The molecule has 0 unspecified atom stereocenters. The molecular formula is C26H19ClN2O2S. The molecule has 0 amide bonds. The van der Waals surface area contributed by atoms with Crippen LogP contribution in [0.25, 0.3) is 11.8 Å². The number of hydrogen-bond acceptors (Lipinski definition) is 4. The number of aryl methyl sites for hydroxylation is 2. The highest BCUT2D eigenvalue weighted by atomic mass is 35.5. The standard InChI is InChI=1S/C26H19ClN2O2S/c1-15-10-12-17(31-15)14-22-25(30)29-24(19-8-4-5-9-21(19)27)20-13-11-16-6-2-3-7-18(16)23(20)28-26(29)32-22/h2-10,12,14,24H,11,13H2,1H3/b22-14-/t24-/m1/s1. The van der Waals surface area contributed by atoms with Gasteiger partial charge >= 0.3 is 0 Å². The zero-order valence-corrected chi connectivity index (χ0v) is 18.9. The summed E-state index contributed by atoms with van der Waals surface area (Å²) in [5.41, 5.74) is 5.40. The molecule has 0 fully saturated rings. The average Bonchev–Trinajstić information content (AvgIpc) is 3.35. The summed E-state index contributed by atoms with van der Waals surface area (Å²) in [5, 5.41) is 0.654. The van der Waals surface area contributed by atoms with E-state index in [9.17, 15) is 4.79 Å². The maximum atomic E-state index is 13.6. The number of furan rings is 1. The Kier molecular flexibility index (Phi) is 4.56. The van der Waals surface area contributed by atoms with E-state index >= 15 is 0 Å². The van der Waals surface area contributed by atoms with Gasteiger partial charge in [-0.15, -0.1) is 0 Å². The molecule has 0 bridgehead atoms. The predicted molar refractivity (Wildman–Crippen MR) is 128 cm³/mol. The zero-order chi connectivity index (χ0) is 21.8. The van der Waals surface area contributed by atoms with Crippen LogP contribution in [-0.4, -0.2) is 4.57 Å². The molecule has 1 atom stereocenters. The van der Waals surface area contributed by atoms with Crippen molar-refractivity contribution >= 4 is 34.7 Å². The molecule has 2 aromatic heterocycles. The molecule has 3 heterocycles. The highest BCUT2D eigenvalue weighted by Crippen LogP contribution is 2.42. The van der Waals surface area contributed by atoms with Gasteiger partial charge in [0.2, 0.25) is 0 Å². The van der Waals surface area contributed by atoms with Crippen molar-refractivity contribution in [1.82, 2.24) is 4.57 Å². The van der Waals surface area contributed by atoms with Crippen molar-refractivity contribution in [2.45, 2.75) is 25.8 Å². The topological polar surface area (TPSA) is 47.5 Å². The third kappa shape index (κ3) is 3.04. The molecular weight excluding hydrogens is 440 g/mol. The van der Waals surface area contributed by atoms with Gasteiger partial charge in [0.15, 0.2) is 4.80 Å². The summed E-state index contributed by atoms with van der Waals surface area (Å²) in [4.78, 5) is 19.3. The molecule has 2 aromatic carbocycles. The van der Waals surface area contributed by atoms with E-state index in [2.05, 4.69) is 18.2 Å². The van der Waals surface area contributed by atoms with E-state index in [4.69, 9.17) is 21.0 Å². The van der Waals surface area contributed by atoms with E-state index in [-0.39, 0.29) is 11.6 Å². The number of allylic oxidation sites excluding steroid dienone is 1. The first kappa shape index (κ1) is 19.5. The molecule has 0 N–H and O–H groups in total. The van der Waals surface area contributed by atoms with E-state index in [1.807, 2.05) is 49.4 Å². The molecule has 1 aliphatic heterocycles. The monoisotopic (exact) mass is 458 g/mol. The van der Waals surface area contributed by atoms with Crippen LogP contribution < -0.4 is 14.9 Å². The zero-order valence-electron chi connectivity index (χ0n) is 17.3. The van der Waals surface area contributed by atoms with Crippen LogP contribution in [0.3, 0.4) is 0 Å². The van der Waals surface area contributed by atoms with Crippen LogP contribution in [0, 0.1) is 6.92 Å². The van der Waals surface area contributed by atoms with Gasteiger partial charge in [0.1, 0.15) is 11.5 Å². The Morgan fingerprint density at radius 2 is 1.91 bits per heavy atom. The second-order valence-electron chi connectivity index (χ2n) is 8.08. The molecule has 0 saturated carbocycles. The maximum absolute atomic E-state index is 13.6. The lowest BCUT2D eigenvalue weighted by molar-refractivity contribution is 0.524.